The number of hydrogen-bond donors (Lipinski definition) is 1. The molecule has 25 heavy (non-hydrogen) atoms. The lowest BCUT2D eigenvalue weighted by Crippen LogP contribution is -2.56. The SMILES string of the molecule is O=C1NCCN(Cc2c(F)cccc2Cl)C1CC(=O)N1CCOCC1. The Morgan fingerprint density at radius 3 is 2.80 bits per heavy atom. The lowest BCUT2D eigenvalue weighted by Gasteiger charge is -2.36. The quantitative estimate of drug-likeness (QED) is 0.861. The molecule has 1 N–H and O–H groups in total. The first-order valence-electron chi connectivity index (χ1n) is 8.36. The van der Waals surface area contributed by atoms with Gasteiger partial charge in [-0.2, -0.15) is 0 Å². The number of carbonyl (C=O) groups excluding carboxylic acids is 2. The highest BCUT2D eigenvalue weighted by atomic mass is 35.5. The van der Waals surface area contributed by atoms with Crippen LogP contribution in [0.4, 0.5) is 4.39 Å². The Morgan fingerprint density at radius 1 is 1.32 bits per heavy atom. The molecular formula is C17H21ClFN3O3. The third-order valence-electron chi connectivity index (χ3n) is 4.60. The van der Waals surface area contributed by atoms with E-state index in [0.29, 0.717) is 50.0 Å². The molecule has 0 aromatic heterocycles. The van der Waals surface area contributed by atoms with Crippen molar-refractivity contribution >= 4 is 23.4 Å². The van der Waals surface area contributed by atoms with Gasteiger partial charge in [0.2, 0.25) is 11.8 Å². The van der Waals surface area contributed by atoms with Crippen molar-refractivity contribution in [3.8, 4) is 0 Å². The minimum absolute atomic E-state index is 0.0674. The molecule has 2 aliphatic rings. The molecule has 0 radical (unpaired) electrons. The van der Waals surface area contributed by atoms with Crippen molar-refractivity contribution < 1.29 is 18.7 Å². The van der Waals surface area contributed by atoms with Gasteiger partial charge in [0.25, 0.3) is 0 Å². The molecule has 1 aromatic rings. The molecule has 0 aliphatic carbocycles. The van der Waals surface area contributed by atoms with Gasteiger partial charge < -0.3 is 15.0 Å². The van der Waals surface area contributed by atoms with Crippen LogP contribution in [-0.2, 0) is 20.9 Å². The van der Waals surface area contributed by atoms with Crippen molar-refractivity contribution in [2.24, 2.45) is 0 Å². The van der Waals surface area contributed by atoms with Crippen LogP contribution >= 0.6 is 11.6 Å². The van der Waals surface area contributed by atoms with Crippen molar-refractivity contribution in [1.82, 2.24) is 15.1 Å². The van der Waals surface area contributed by atoms with Gasteiger partial charge in [-0.15, -0.1) is 0 Å². The van der Waals surface area contributed by atoms with E-state index in [1.54, 1.807) is 17.0 Å². The second kappa shape index (κ2) is 8.12. The third-order valence-corrected chi connectivity index (χ3v) is 4.95. The Bertz CT molecular complexity index is 632. The average molecular weight is 370 g/mol. The number of halogens is 2. The smallest absolute Gasteiger partial charge is 0.237 e. The Kier molecular flexibility index (Phi) is 5.88. The number of morpholine rings is 1. The zero-order valence-electron chi connectivity index (χ0n) is 13.8. The number of ether oxygens (including phenoxy) is 1. The third kappa shape index (κ3) is 4.29. The largest absolute Gasteiger partial charge is 0.378 e. The van der Waals surface area contributed by atoms with Gasteiger partial charge in [0.1, 0.15) is 5.82 Å². The minimum atomic E-state index is -0.625. The van der Waals surface area contributed by atoms with Gasteiger partial charge >= 0.3 is 0 Å². The van der Waals surface area contributed by atoms with E-state index in [1.807, 2.05) is 4.90 Å². The number of nitrogens with zero attached hydrogens (tertiary/aromatic N) is 2. The van der Waals surface area contributed by atoms with Crippen LogP contribution < -0.4 is 5.32 Å². The molecule has 1 unspecified atom stereocenters. The van der Waals surface area contributed by atoms with Gasteiger partial charge in [-0.1, -0.05) is 17.7 Å². The first kappa shape index (κ1) is 18.1. The van der Waals surface area contributed by atoms with Crippen LogP contribution in [0.1, 0.15) is 12.0 Å². The lowest BCUT2D eigenvalue weighted by molar-refractivity contribution is -0.141. The second-order valence-corrected chi connectivity index (χ2v) is 6.58. The molecule has 2 heterocycles. The van der Waals surface area contributed by atoms with Crippen LogP contribution in [0.2, 0.25) is 5.02 Å². The molecule has 2 aliphatic heterocycles. The van der Waals surface area contributed by atoms with E-state index < -0.39 is 11.9 Å². The highest BCUT2D eigenvalue weighted by Gasteiger charge is 2.34. The van der Waals surface area contributed by atoms with Gasteiger partial charge in [-0.25, -0.2) is 4.39 Å². The van der Waals surface area contributed by atoms with E-state index in [0.717, 1.165) is 0 Å². The summed E-state index contributed by atoms with van der Waals surface area (Å²) in [4.78, 5) is 28.3. The fraction of sp³-hybridized carbons (Fsp3) is 0.529. The number of benzene rings is 1. The summed E-state index contributed by atoms with van der Waals surface area (Å²) in [6.45, 7) is 3.29. The number of carbonyl (C=O) groups is 2. The summed E-state index contributed by atoms with van der Waals surface area (Å²) in [5, 5.41) is 3.11. The van der Waals surface area contributed by atoms with Crippen molar-refractivity contribution in [2.45, 2.75) is 19.0 Å². The molecule has 1 atom stereocenters. The van der Waals surface area contributed by atoms with Crippen molar-refractivity contribution in [3.05, 3.63) is 34.6 Å². The van der Waals surface area contributed by atoms with E-state index in [1.165, 1.54) is 6.07 Å². The summed E-state index contributed by atoms with van der Waals surface area (Å²) in [6.07, 6.45) is 0.0674. The molecule has 0 spiro atoms. The molecule has 6 nitrogen and oxygen atoms in total. The predicted molar refractivity (Wildman–Crippen MR) is 90.6 cm³/mol. The molecule has 1 aromatic carbocycles. The summed E-state index contributed by atoms with van der Waals surface area (Å²) in [5.41, 5.74) is 0.350. The van der Waals surface area contributed by atoms with E-state index >= 15 is 0 Å². The topological polar surface area (TPSA) is 61.9 Å². The average Bonchev–Trinajstić information content (AvgIpc) is 2.61. The van der Waals surface area contributed by atoms with Gasteiger partial charge in [0, 0.05) is 43.3 Å². The van der Waals surface area contributed by atoms with Crippen LogP contribution in [0.25, 0.3) is 0 Å². The fourth-order valence-corrected chi connectivity index (χ4v) is 3.39. The summed E-state index contributed by atoms with van der Waals surface area (Å²) < 4.78 is 19.3. The monoisotopic (exact) mass is 369 g/mol. The van der Waals surface area contributed by atoms with Crippen LogP contribution in [-0.4, -0.2) is 67.0 Å². The number of rotatable bonds is 4. The Hall–Kier alpha value is -1.70. The summed E-state index contributed by atoms with van der Waals surface area (Å²) in [5.74, 6) is -0.702. The standard InChI is InChI=1S/C17H21ClFN3O3/c18-13-2-1-3-14(19)12(13)11-22-5-4-20-17(24)15(22)10-16(23)21-6-8-25-9-7-21/h1-3,15H,4-11H2,(H,20,24). The number of nitrogens with one attached hydrogen (secondary N) is 1. The Morgan fingerprint density at radius 2 is 2.08 bits per heavy atom. The van der Waals surface area contributed by atoms with Crippen LogP contribution in [0.15, 0.2) is 18.2 Å². The van der Waals surface area contributed by atoms with Gasteiger partial charge in [-0.05, 0) is 12.1 Å². The highest BCUT2D eigenvalue weighted by molar-refractivity contribution is 6.31. The molecule has 3 rings (SSSR count). The Balaban J connectivity index is 1.72. The van der Waals surface area contributed by atoms with E-state index in [2.05, 4.69) is 5.32 Å². The first-order chi connectivity index (χ1) is 12.1. The van der Waals surface area contributed by atoms with Crippen molar-refractivity contribution in [2.75, 3.05) is 39.4 Å². The molecule has 2 saturated heterocycles. The van der Waals surface area contributed by atoms with Gasteiger partial charge in [-0.3, -0.25) is 14.5 Å². The molecule has 0 bridgehead atoms. The highest BCUT2D eigenvalue weighted by Crippen LogP contribution is 2.23. The zero-order chi connectivity index (χ0) is 17.8. The van der Waals surface area contributed by atoms with Crippen LogP contribution in [0.5, 0.6) is 0 Å². The molecule has 2 fully saturated rings. The number of amides is 2. The Labute approximate surface area is 150 Å². The summed E-state index contributed by atoms with van der Waals surface area (Å²) in [7, 11) is 0. The second-order valence-electron chi connectivity index (χ2n) is 6.17. The molecule has 0 saturated carbocycles. The predicted octanol–water partition coefficient (Wildman–Crippen LogP) is 1.03. The molecular weight excluding hydrogens is 349 g/mol. The van der Waals surface area contributed by atoms with Gasteiger partial charge in [0.05, 0.1) is 25.7 Å². The van der Waals surface area contributed by atoms with E-state index in [9.17, 15) is 14.0 Å². The summed E-state index contributed by atoms with van der Waals surface area (Å²) in [6, 6.07) is 3.89. The zero-order valence-corrected chi connectivity index (χ0v) is 14.6. The first-order valence-corrected chi connectivity index (χ1v) is 8.74. The molecule has 8 heteroatoms. The molecule has 136 valence electrons. The fourth-order valence-electron chi connectivity index (χ4n) is 3.17. The number of piperazine rings is 1. The van der Waals surface area contributed by atoms with E-state index in [-0.39, 0.29) is 24.8 Å². The number of hydrogen-bond acceptors (Lipinski definition) is 4. The normalized spacial score (nSPS) is 21.9. The lowest BCUT2D eigenvalue weighted by atomic mass is 10.1. The minimum Gasteiger partial charge on any atom is -0.378 e. The van der Waals surface area contributed by atoms with Crippen LogP contribution in [0, 0.1) is 5.82 Å². The van der Waals surface area contributed by atoms with Crippen molar-refractivity contribution in [1.29, 1.82) is 0 Å². The maximum atomic E-state index is 14.1. The maximum absolute atomic E-state index is 14.1. The van der Waals surface area contributed by atoms with Crippen molar-refractivity contribution in [3.63, 3.8) is 0 Å². The summed E-state index contributed by atoms with van der Waals surface area (Å²) >= 11 is 6.10. The molecule has 2 amide bonds. The van der Waals surface area contributed by atoms with Crippen LogP contribution in [0.3, 0.4) is 0 Å². The maximum Gasteiger partial charge on any atom is 0.237 e. The van der Waals surface area contributed by atoms with Gasteiger partial charge in [0.15, 0.2) is 0 Å². The van der Waals surface area contributed by atoms with E-state index in [4.69, 9.17) is 16.3 Å².